The van der Waals surface area contributed by atoms with Crippen molar-refractivity contribution in [2.75, 3.05) is 19.5 Å². The highest BCUT2D eigenvalue weighted by Gasteiger charge is 2.39. The van der Waals surface area contributed by atoms with Gasteiger partial charge in [-0.1, -0.05) is 6.07 Å². The molecule has 1 aromatic heterocycles. The van der Waals surface area contributed by atoms with Crippen molar-refractivity contribution >= 4 is 44.6 Å². The van der Waals surface area contributed by atoms with Gasteiger partial charge in [-0.25, -0.2) is 17.9 Å². The number of rotatable bonds is 7. The maximum Gasteiger partial charge on any atom is 0.425 e. The lowest BCUT2D eigenvalue weighted by Crippen LogP contribution is -2.36. The van der Waals surface area contributed by atoms with Gasteiger partial charge in [-0.3, -0.25) is 5.32 Å². The molecule has 0 saturated carbocycles. The Balaban J connectivity index is 2.29. The summed E-state index contributed by atoms with van der Waals surface area (Å²) in [4.78, 5) is 19.2. The maximum absolute atomic E-state index is 12.8. The summed E-state index contributed by atoms with van der Waals surface area (Å²) < 4.78 is 80.3. The van der Waals surface area contributed by atoms with Crippen LogP contribution in [0.15, 0.2) is 29.2 Å². The van der Waals surface area contributed by atoms with Gasteiger partial charge in [0, 0.05) is 3.57 Å². The zero-order valence-electron chi connectivity index (χ0n) is 16.2. The van der Waals surface area contributed by atoms with Crippen molar-refractivity contribution in [3.05, 3.63) is 27.8 Å². The molecule has 0 saturated heterocycles. The fourth-order valence-corrected chi connectivity index (χ4v) is 4.52. The number of methoxy groups -OCH3 is 2. The van der Waals surface area contributed by atoms with E-state index >= 15 is 0 Å². The smallest absolute Gasteiger partial charge is 0.425 e. The largest absolute Gasteiger partial charge is 0.481 e. The molecule has 10 nitrogen and oxygen atoms in total. The average molecular weight is 576 g/mol. The summed E-state index contributed by atoms with van der Waals surface area (Å²) in [6.07, 6.45) is -7.01. The van der Waals surface area contributed by atoms with Crippen LogP contribution in [0, 0.1) is 3.57 Å². The molecule has 1 heterocycles. The summed E-state index contributed by atoms with van der Waals surface area (Å²) in [6.45, 7) is 0.726. The number of anilines is 1. The highest BCUT2D eigenvalue weighted by atomic mass is 127. The Morgan fingerprint density at radius 3 is 2.26 bits per heavy atom. The fourth-order valence-electron chi connectivity index (χ4n) is 2.07. The van der Waals surface area contributed by atoms with E-state index in [1.165, 1.54) is 32.4 Å². The molecule has 2 aromatic rings. The van der Waals surface area contributed by atoms with Gasteiger partial charge >= 0.3 is 12.2 Å². The van der Waals surface area contributed by atoms with Gasteiger partial charge in [0.1, 0.15) is 10.6 Å². The van der Waals surface area contributed by atoms with Crippen LogP contribution in [-0.2, 0) is 10.0 Å². The first-order valence-electron chi connectivity index (χ1n) is 8.20. The summed E-state index contributed by atoms with van der Waals surface area (Å²) >= 11 is 1.60. The number of nitrogens with one attached hydrogen (secondary N) is 2. The predicted molar refractivity (Wildman–Crippen MR) is 110 cm³/mol. The second kappa shape index (κ2) is 9.71. The Morgan fingerprint density at radius 1 is 1.16 bits per heavy atom. The SMILES string of the molecule is COc1cc(OC)nc(NC(=O)NS(=O)(=O)c2c(I)cccc2OC(C)C(F)(F)F)n1. The third-order valence-corrected chi connectivity index (χ3v) is 6.19. The number of carbonyl (C=O) groups excluding carboxylic acids is 1. The van der Waals surface area contributed by atoms with E-state index in [0.29, 0.717) is 0 Å². The fraction of sp³-hybridized carbons (Fsp3) is 0.312. The number of hydrogen-bond acceptors (Lipinski definition) is 8. The average Bonchev–Trinajstić information content (AvgIpc) is 2.66. The van der Waals surface area contributed by atoms with E-state index in [2.05, 4.69) is 15.3 Å². The minimum absolute atomic E-state index is 0.0273. The van der Waals surface area contributed by atoms with Gasteiger partial charge in [-0.05, 0) is 41.6 Å². The van der Waals surface area contributed by atoms with Gasteiger partial charge in [-0.15, -0.1) is 0 Å². The second-order valence-corrected chi connectivity index (χ2v) is 8.49. The van der Waals surface area contributed by atoms with Gasteiger partial charge in [0.2, 0.25) is 17.7 Å². The minimum Gasteiger partial charge on any atom is -0.481 e. The number of urea groups is 1. The topological polar surface area (TPSA) is 129 Å². The van der Waals surface area contributed by atoms with E-state index in [9.17, 15) is 26.4 Å². The van der Waals surface area contributed by atoms with Crippen molar-refractivity contribution in [3.8, 4) is 17.5 Å². The number of hydrogen-bond donors (Lipinski definition) is 2. The molecule has 0 fully saturated rings. The van der Waals surface area contributed by atoms with Crippen LogP contribution >= 0.6 is 22.6 Å². The van der Waals surface area contributed by atoms with E-state index in [1.54, 1.807) is 27.3 Å². The zero-order valence-corrected chi connectivity index (χ0v) is 19.1. The summed E-state index contributed by atoms with van der Waals surface area (Å²) in [5.41, 5.74) is 0. The molecule has 0 aliphatic rings. The molecule has 1 unspecified atom stereocenters. The van der Waals surface area contributed by atoms with Crippen LogP contribution in [0.4, 0.5) is 23.9 Å². The molecule has 0 aliphatic carbocycles. The van der Waals surface area contributed by atoms with Crippen LogP contribution in [0.5, 0.6) is 17.5 Å². The molecule has 0 bridgehead atoms. The standard InChI is InChI=1S/C16H16F3IN4O6S/c1-8(16(17,18)19)30-10-6-4-5-9(20)13(10)31(26,27)24-15(25)23-14-21-11(28-2)7-12(22-14)29-3/h4-8H,1-3H3,(H2,21,22,23,24,25). The number of sulfonamides is 1. The number of nitrogens with zero attached hydrogens (tertiary/aromatic N) is 2. The van der Waals surface area contributed by atoms with E-state index < -0.39 is 39.0 Å². The predicted octanol–water partition coefficient (Wildman–Crippen LogP) is 2.94. The second-order valence-electron chi connectivity index (χ2n) is 5.70. The Kier molecular flexibility index (Phi) is 7.74. The molecule has 0 aliphatic heterocycles. The van der Waals surface area contributed by atoms with Crippen LogP contribution in [0.2, 0.25) is 0 Å². The normalized spacial score (nSPS) is 12.6. The van der Waals surface area contributed by atoms with E-state index in [-0.39, 0.29) is 21.3 Å². The zero-order chi connectivity index (χ0) is 23.4. The Morgan fingerprint density at radius 2 is 1.74 bits per heavy atom. The van der Waals surface area contributed by atoms with E-state index in [0.717, 1.165) is 13.0 Å². The highest BCUT2D eigenvalue weighted by Crippen LogP contribution is 2.32. The Labute approximate surface area is 188 Å². The summed E-state index contributed by atoms with van der Waals surface area (Å²) in [7, 11) is -2.04. The first-order valence-corrected chi connectivity index (χ1v) is 10.8. The minimum atomic E-state index is -4.73. The lowest BCUT2D eigenvalue weighted by atomic mass is 10.3. The third-order valence-electron chi connectivity index (χ3n) is 3.51. The molecule has 1 atom stereocenters. The van der Waals surface area contributed by atoms with Crippen LogP contribution in [0.3, 0.4) is 0 Å². The van der Waals surface area contributed by atoms with E-state index in [4.69, 9.17) is 14.2 Å². The first-order chi connectivity index (χ1) is 14.4. The number of halogens is 4. The lowest BCUT2D eigenvalue weighted by molar-refractivity contribution is -0.189. The van der Waals surface area contributed by atoms with Crippen LogP contribution < -0.4 is 24.2 Å². The summed E-state index contributed by atoms with van der Waals surface area (Å²) in [5, 5.41) is 2.09. The van der Waals surface area contributed by atoms with Gasteiger partial charge in [-0.2, -0.15) is 23.1 Å². The van der Waals surface area contributed by atoms with Crippen molar-refractivity contribution < 1.29 is 40.6 Å². The van der Waals surface area contributed by atoms with Gasteiger partial charge in [0.15, 0.2) is 6.10 Å². The summed E-state index contributed by atoms with van der Waals surface area (Å²) in [5.74, 6) is -0.857. The molecular weight excluding hydrogens is 560 g/mol. The monoisotopic (exact) mass is 576 g/mol. The molecule has 1 aromatic carbocycles. The Hall–Kier alpha value is -2.56. The van der Waals surface area contributed by atoms with Crippen LogP contribution in [0.1, 0.15) is 6.92 Å². The lowest BCUT2D eigenvalue weighted by Gasteiger charge is -2.20. The van der Waals surface area contributed by atoms with Crippen molar-refractivity contribution in [2.24, 2.45) is 0 Å². The number of carbonyl (C=O) groups is 1. The molecule has 0 radical (unpaired) electrons. The Bertz CT molecular complexity index is 1050. The molecule has 170 valence electrons. The highest BCUT2D eigenvalue weighted by molar-refractivity contribution is 14.1. The maximum atomic E-state index is 12.8. The van der Waals surface area contributed by atoms with Crippen molar-refractivity contribution in [2.45, 2.75) is 24.1 Å². The van der Waals surface area contributed by atoms with Gasteiger partial charge in [0.05, 0.1) is 20.3 Å². The molecule has 0 spiro atoms. The number of amides is 2. The molecule has 31 heavy (non-hydrogen) atoms. The first kappa shape index (κ1) is 24.7. The molecule has 2 amide bonds. The van der Waals surface area contributed by atoms with Crippen LogP contribution in [0.25, 0.3) is 0 Å². The number of aromatic nitrogens is 2. The van der Waals surface area contributed by atoms with Crippen molar-refractivity contribution in [1.82, 2.24) is 14.7 Å². The van der Waals surface area contributed by atoms with Crippen molar-refractivity contribution in [1.29, 1.82) is 0 Å². The number of ether oxygens (including phenoxy) is 3. The number of alkyl halides is 3. The van der Waals surface area contributed by atoms with E-state index in [1.807, 2.05) is 0 Å². The summed E-state index contributed by atoms with van der Waals surface area (Å²) in [6, 6.07) is 3.73. The quantitative estimate of drug-likeness (QED) is 0.482. The van der Waals surface area contributed by atoms with Gasteiger partial charge in [0.25, 0.3) is 10.0 Å². The van der Waals surface area contributed by atoms with Crippen LogP contribution in [-0.4, -0.2) is 50.9 Å². The van der Waals surface area contributed by atoms with Crippen molar-refractivity contribution in [3.63, 3.8) is 0 Å². The van der Waals surface area contributed by atoms with Gasteiger partial charge < -0.3 is 14.2 Å². The molecule has 2 N–H and O–H groups in total. The third kappa shape index (κ3) is 6.46. The molecule has 15 heteroatoms. The molecular formula is C16H16F3IN4O6S. The molecule has 2 rings (SSSR count). The number of benzene rings is 1.